The minimum absolute atomic E-state index is 0.737. The molecule has 4 aromatic rings. The number of azo groups is 1. The van der Waals surface area contributed by atoms with Crippen molar-refractivity contribution in [2.24, 2.45) is 10.2 Å². The topological polar surface area (TPSA) is 42.0 Å². The Labute approximate surface area is 156 Å². The zero-order valence-corrected chi connectivity index (χ0v) is 15.4. The molecule has 4 rings (SSSR count). The highest BCUT2D eigenvalue weighted by Crippen LogP contribution is 2.32. The van der Waals surface area contributed by atoms with E-state index in [1.807, 2.05) is 59.1 Å². The van der Waals surface area contributed by atoms with Gasteiger partial charge in [-0.25, -0.2) is 4.98 Å². The third-order valence-electron chi connectivity index (χ3n) is 4.12. The van der Waals surface area contributed by atoms with Crippen LogP contribution in [-0.2, 0) is 0 Å². The molecule has 0 atom stereocenters. The van der Waals surface area contributed by atoms with E-state index in [4.69, 9.17) is 4.98 Å². The van der Waals surface area contributed by atoms with E-state index in [1.54, 1.807) is 11.8 Å². The van der Waals surface area contributed by atoms with Gasteiger partial charge in [-0.1, -0.05) is 36.4 Å². The minimum Gasteiger partial charge on any atom is -0.283 e. The molecule has 0 unspecified atom stereocenters. The lowest BCUT2D eigenvalue weighted by Crippen LogP contribution is -1.84. The van der Waals surface area contributed by atoms with Gasteiger partial charge in [0.2, 0.25) is 0 Å². The fraction of sp³-hybridized carbons (Fsp3) is 0.0952. The molecule has 0 fully saturated rings. The standard InChI is InChI=1S/C21H18N4S/c1-15-11-12-25-19(13-15)22-20(16-7-4-3-5-8-16)21(25)24-23-17-9-6-10-18(14-17)26-2/h3-14H,1-2H3. The van der Waals surface area contributed by atoms with Gasteiger partial charge in [0, 0.05) is 16.7 Å². The molecule has 2 aromatic carbocycles. The number of thioether (sulfide) groups is 1. The lowest BCUT2D eigenvalue weighted by atomic mass is 10.1. The molecule has 0 aliphatic carbocycles. The molecule has 0 radical (unpaired) electrons. The number of imidazole rings is 1. The maximum atomic E-state index is 4.79. The fourth-order valence-electron chi connectivity index (χ4n) is 2.80. The van der Waals surface area contributed by atoms with E-state index >= 15 is 0 Å². The molecule has 2 heterocycles. The molecule has 4 nitrogen and oxygen atoms in total. The second kappa shape index (κ2) is 7.14. The van der Waals surface area contributed by atoms with Crippen molar-refractivity contribution in [3.8, 4) is 11.3 Å². The molecule has 0 aliphatic rings. The summed E-state index contributed by atoms with van der Waals surface area (Å²) >= 11 is 1.69. The van der Waals surface area contributed by atoms with Gasteiger partial charge in [-0.15, -0.1) is 22.0 Å². The maximum absolute atomic E-state index is 4.79. The van der Waals surface area contributed by atoms with E-state index in [0.717, 1.165) is 28.4 Å². The predicted molar refractivity (Wildman–Crippen MR) is 108 cm³/mol. The van der Waals surface area contributed by atoms with Crippen molar-refractivity contribution in [2.45, 2.75) is 11.8 Å². The highest BCUT2D eigenvalue weighted by molar-refractivity contribution is 7.98. The fourth-order valence-corrected chi connectivity index (χ4v) is 3.25. The lowest BCUT2D eigenvalue weighted by molar-refractivity contribution is 1.10. The summed E-state index contributed by atoms with van der Waals surface area (Å²) in [5, 5.41) is 9.03. The second-order valence-electron chi connectivity index (χ2n) is 5.98. The van der Waals surface area contributed by atoms with Crippen LogP contribution in [0.25, 0.3) is 16.9 Å². The minimum atomic E-state index is 0.737. The first kappa shape index (κ1) is 16.5. The van der Waals surface area contributed by atoms with Crippen molar-refractivity contribution in [1.29, 1.82) is 0 Å². The average molecular weight is 358 g/mol. The predicted octanol–water partition coefficient (Wildman–Crippen LogP) is 6.45. The summed E-state index contributed by atoms with van der Waals surface area (Å²) in [5.74, 6) is 0.737. The van der Waals surface area contributed by atoms with Gasteiger partial charge in [0.05, 0.1) is 5.69 Å². The molecule has 0 amide bonds. The van der Waals surface area contributed by atoms with Gasteiger partial charge in [0.15, 0.2) is 5.82 Å². The third-order valence-corrected chi connectivity index (χ3v) is 4.84. The van der Waals surface area contributed by atoms with Crippen molar-refractivity contribution in [2.75, 3.05) is 6.26 Å². The third kappa shape index (κ3) is 3.26. The van der Waals surface area contributed by atoms with Gasteiger partial charge in [0.1, 0.15) is 11.3 Å². The Morgan fingerprint density at radius 3 is 2.58 bits per heavy atom. The highest BCUT2D eigenvalue weighted by atomic mass is 32.2. The molecule has 5 heteroatoms. The van der Waals surface area contributed by atoms with Crippen molar-refractivity contribution >= 4 is 28.9 Å². The quantitative estimate of drug-likeness (QED) is 0.311. The van der Waals surface area contributed by atoms with Crippen LogP contribution < -0.4 is 0 Å². The number of nitrogens with zero attached hydrogens (tertiary/aromatic N) is 4. The first-order valence-corrected chi connectivity index (χ1v) is 9.57. The van der Waals surface area contributed by atoms with Crippen molar-refractivity contribution < 1.29 is 0 Å². The highest BCUT2D eigenvalue weighted by Gasteiger charge is 2.13. The number of hydrogen-bond donors (Lipinski definition) is 0. The van der Waals surface area contributed by atoms with Crippen molar-refractivity contribution in [1.82, 2.24) is 9.38 Å². The van der Waals surface area contributed by atoms with E-state index in [2.05, 4.69) is 41.6 Å². The van der Waals surface area contributed by atoms with Crippen LogP contribution in [-0.4, -0.2) is 15.6 Å². The van der Waals surface area contributed by atoms with Crippen LogP contribution in [0.2, 0.25) is 0 Å². The Balaban J connectivity index is 1.85. The van der Waals surface area contributed by atoms with Gasteiger partial charge in [-0.2, -0.15) is 0 Å². The van der Waals surface area contributed by atoms with Gasteiger partial charge in [-0.05, 0) is 49.1 Å². The Morgan fingerprint density at radius 1 is 0.923 bits per heavy atom. The zero-order valence-electron chi connectivity index (χ0n) is 14.6. The summed E-state index contributed by atoms with van der Waals surface area (Å²) in [5.41, 5.74) is 4.73. The van der Waals surface area contributed by atoms with Crippen LogP contribution in [0.1, 0.15) is 5.56 Å². The molecule has 0 spiro atoms. The Bertz CT molecular complexity index is 1080. The maximum Gasteiger partial charge on any atom is 0.187 e. The Kier molecular flexibility index (Phi) is 4.54. The Morgan fingerprint density at radius 2 is 1.77 bits per heavy atom. The smallest absolute Gasteiger partial charge is 0.187 e. The molecule has 0 saturated heterocycles. The van der Waals surface area contributed by atoms with E-state index in [-0.39, 0.29) is 0 Å². The Hall–Kier alpha value is -2.92. The summed E-state index contributed by atoms with van der Waals surface area (Å²) in [6, 6.07) is 22.3. The number of hydrogen-bond acceptors (Lipinski definition) is 4. The van der Waals surface area contributed by atoms with Gasteiger partial charge >= 0.3 is 0 Å². The van der Waals surface area contributed by atoms with Crippen molar-refractivity contribution in [3.63, 3.8) is 0 Å². The number of fused-ring (bicyclic) bond motifs is 1. The van der Waals surface area contributed by atoms with Crippen LogP contribution in [0.4, 0.5) is 11.5 Å². The molecule has 0 aliphatic heterocycles. The summed E-state index contributed by atoms with van der Waals surface area (Å²) in [4.78, 5) is 5.96. The van der Waals surface area contributed by atoms with Crippen LogP contribution in [0.15, 0.2) is 88.1 Å². The summed E-state index contributed by atoms with van der Waals surface area (Å²) < 4.78 is 1.98. The number of benzene rings is 2. The molecule has 128 valence electrons. The summed E-state index contributed by atoms with van der Waals surface area (Å²) in [7, 11) is 0. The number of pyridine rings is 1. The van der Waals surface area contributed by atoms with Crippen LogP contribution in [0.5, 0.6) is 0 Å². The number of aromatic nitrogens is 2. The molecule has 0 saturated carbocycles. The molecule has 26 heavy (non-hydrogen) atoms. The summed E-state index contributed by atoms with van der Waals surface area (Å²) in [6.45, 7) is 2.06. The molecular formula is C21H18N4S. The summed E-state index contributed by atoms with van der Waals surface area (Å²) in [6.07, 6.45) is 4.05. The SMILES string of the molecule is CSc1cccc(N=Nc2c(-c3ccccc3)nc3cc(C)ccn23)c1. The monoisotopic (exact) mass is 358 g/mol. The molecular weight excluding hydrogens is 340 g/mol. The first-order valence-electron chi connectivity index (χ1n) is 8.34. The van der Waals surface area contributed by atoms with E-state index in [1.165, 1.54) is 10.5 Å². The van der Waals surface area contributed by atoms with Crippen molar-refractivity contribution in [3.05, 3.63) is 78.5 Å². The molecule has 0 bridgehead atoms. The van der Waals surface area contributed by atoms with Crippen LogP contribution in [0.3, 0.4) is 0 Å². The molecule has 0 N–H and O–H groups in total. The number of rotatable bonds is 4. The van der Waals surface area contributed by atoms with E-state index < -0.39 is 0 Å². The number of aryl methyl sites for hydroxylation is 1. The largest absolute Gasteiger partial charge is 0.283 e. The molecule has 2 aromatic heterocycles. The van der Waals surface area contributed by atoms with E-state index in [0.29, 0.717) is 0 Å². The van der Waals surface area contributed by atoms with Gasteiger partial charge in [-0.3, -0.25) is 4.40 Å². The lowest BCUT2D eigenvalue weighted by Gasteiger charge is -2.00. The van der Waals surface area contributed by atoms with Crippen LogP contribution in [0, 0.1) is 6.92 Å². The van der Waals surface area contributed by atoms with E-state index in [9.17, 15) is 0 Å². The zero-order chi connectivity index (χ0) is 17.9. The van der Waals surface area contributed by atoms with Gasteiger partial charge < -0.3 is 0 Å². The normalized spacial score (nSPS) is 11.5. The second-order valence-corrected chi connectivity index (χ2v) is 6.86. The first-order chi connectivity index (χ1) is 12.7. The average Bonchev–Trinajstić information content (AvgIpc) is 3.04. The van der Waals surface area contributed by atoms with Gasteiger partial charge in [0.25, 0.3) is 0 Å². The van der Waals surface area contributed by atoms with Crippen LogP contribution >= 0.6 is 11.8 Å².